The lowest BCUT2D eigenvalue weighted by molar-refractivity contribution is -0.119. The molecule has 1 amide bonds. The van der Waals surface area contributed by atoms with Crippen molar-refractivity contribution in [1.29, 1.82) is 0 Å². The molecular formula is C18H28N2O. The van der Waals surface area contributed by atoms with Crippen LogP contribution in [0.3, 0.4) is 0 Å². The Bertz CT molecular complexity index is 490. The molecule has 2 N–H and O–H groups in total. The third kappa shape index (κ3) is 4.07. The molecule has 2 rings (SSSR count). The van der Waals surface area contributed by atoms with Crippen molar-refractivity contribution in [3.05, 3.63) is 29.8 Å². The SMILES string of the molecule is CCC1CCNC(C(=O)Nc2ccccc2C(C)(C)C)C1. The third-order valence-electron chi connectivity index (χ3n) is 4.40. The van der Waals surface area contributed by atoms with E-state index in [1.807, 2.05) is 18.2 Å². The number of nitrogens with one attached hydrogen (secondary N) is 2. The average molecular weight is 288 g/mol. The van der Waals surface area contributed by atoms with Crippen LogP contribution >= 0.6 is 0 Å². The number of hydrogen-bond acceptors (Lipinski definition) is 2. The third-order valence-corrected chi connectivity index (χ3v) is 4.40. The molecule has 0 aliphatic carbocycles. The number of amides is 1. The van der Waals surface area contributed by atoms with E-state index < -0.39 is 0 Å². The van der Waals surface area contributed by atoms with E-state index in [2.05, 4.69) is 44.4 Å². The monoisotopic (exact) mass is 288 g/mol. The Balaban J connectivity index is 2.10. The van der Waals surface area contributed by atoms with Crippen molar-refractivity contribution in [2.45, 2.75) is 58.4 Å². The van der Waals surface area contributed by atoms with Crippen LogP contribution in [-0.2, 0) is 10.2 Å². The van der Waals surface area contributed by atoms with Crippen molar-refractivity contribution in [3.8, 4) is 0 Å². The largest absolute Gasteiger partial charge is 0.324 e. The smallest absolute Gasteiger partial charge is 0.241 e. The molecule has 1 heterocycles. The topological polar surface area (TPSA) is 41.1 Å². The number of carbonyl (C=O) groups excluding carboxylic acids is 1. The van der Waals surface area contributed by atoms with Gasteiger partial charge in [0, 0.05) is 5.69 Å². The molecule has 1 aliphatic rings. The molecule has 116 valence electrons. The van der Waals surface area contributed by atoms with Crippen LogP contribution in [0.2, 0.25) is 0 Å². The minimum absolute atomic E-state index is 0.0236. The molecule has 1 saturated heterocycles. The van der Waals surface area contributed by atoms with Crippen molar-refractivity contribution < 1.29 is 4.79 Å². The minimum atomic E-state index is -0.0586. The normalized spacial score (nSPS) is 22.9. The summed E-state index contributed by atoms with van der Waals surface area (Å²) < 4.78 is 0. The summed E-state index contributed by atoms with van der Waals surface area (Å²) in [5, 5.41) is 6.48. The molecule has 0 saturated carbocycles. The summed E-state index contributed by atoms with van der Waals surface area (Å²) in [6.45, 7) is 9.66. The second-order valence-electron chi connectivity index (χ2n) is 7.09. The molecule has 1 aromatic rings. The molecule has 0 bridgehead atoms. The first-order valence-electron chi connectivity index (χ1n) is 8.05. The maximum Gasteiger partial charge on any atom is 0.241 e. The summed E-state index contributed by atoms with van der Waals surface area (Å²) in [7, 11) is 0. The van der Waals surface area contributed by atoms with Gasteiger partial charge >= 0.3 is 0 Å². The second kappa shape index (κ2) is 6.61. The molecule has 0 radical (unpaired) electrons. The van der Waals surface area contributed by atoms with Crippen molar-refractivity contribution in [2.24, 2.45) is 5.92 Å². The van der Waals surface area contributed by atoms with E-state index in [9.17, 15) is 4.79 Å². The molecule has 0 spiro atoms. The summed E-state index contributed by atoms with van der Waals surface area (Å²) in [5.74, 6) is 0.768. The molecule has 1 fully saturated rings. The van der Waals surface area contributed by atoms with Gasteiger partial charge in [0.25, 0.3) is 0 Å². The van der Waals surface area contributed by atoms with Crippen molar-refractivity contribution >= 4 is 11.6 Å². The second-order valence-corrected chi connectivity index (χ2v) is 7.09. The Labute approximate surface area is 128 Å². The Morgan fingerprint density at radius 2 is 2.05 bits per heavy atom. The van der Waals surface area contributed by atoms with Crippen LogP contribution in [0.5, 0.6) is 0 Å². The van der Waals surface area contributed by atoms with Gasteiger partial charge < -0.3 is 10.6 Å². The lowest BCUT2D eigenvalue weighted by Gasteiger charge is -2.30. The van der Waals surface area contributed by atoms with Crippen LogP contribution in [0.4, 0.5) is 5.69 Å². The Hall–Kier alpha value is -1.35. The first kappa shape index (κ1) is 16.0. The van der Waals surface area contributed by atoms with Gasteiger partial charge in [-0.25, -0.2) is 0 Å². The number of piperidine rings is 1. The predicted molar refractivity (Wildman–Crippen MR) is 88.6 cm³/mol. The number of anilines is 1. The molecular weight excluding hydrogens is 260 g/mol. The average Bonchev–Trinajstić information content (AvgIpc) is 2.46. The van der Waals surface area contributed by atoms with E-state index in [1.54, 1.807) is 0 Å². The number of carbonyl (C=O) groups is 1. The Morgan fingerprint density at radius 3 is 2.71 bits per heavy atom. The van der Waals surface area contributed by atoms with E-state index in [4.69, 9.17) is 0 Å². The van der Waals surface area contributed by atoms with Crippen molar-refractivity contribution in [2.75, 3.05) is 11.9 Å². The molecule has 1 aromatic carbocycles. The van der Waals surface area contributed by atoms with Crippen molar-refractivity contribution in [3.63, 3.8) is 0 Å². The summed E-state index contributed by atoms with van der Waals surface area (Å²) in [6, 6.07) is 8.05. The van der Waals surface area contributed by atoms with Crippen LogP contribution < -0.4 is 10.6 Å². The predicted octanol–water partition coefficient (Wildman–Crippen LogP) is 3.70. The van der Waals surface area contributed by atoms with E-state index in [1.165, 1.54) is 12.0 Å². The zero-order valence-electron chi connectivity index (χ0n) is 13.7. The highest BCUT2D eigenvalue weighted by atomic mass is 16.2. The Kier molecular flexibility index (Phi) is 5.04. The molecule has 3 nitrogen and oxygen atoms in total. The van der Waals surface area contributed by atoms with Crippen molar-refractivity contribution in [1.82, 2.24) is 5.32 Å². The van der Waals surface area contributed by atoms with Gasteiger partial charge in [-0.05, 0) is 42.3 Å². The van der Waals surface area contributed by atoms with Gasteiger partial charge in [-0.3, -0.25) is 4.79 Å². The van der Waals surface area contributed by atoms with Gasteiger partial charge in [0.1, 0.15) is 0 Å². The summed E-state index contributed by atoms with van der Waals surface area (Å²) >= 11 is 0. The van der Waals surface area contributed by atoms with Gasteiger partial charge in [0.15, 0.2) is 0 Å². The molecule has 2 atom stereocenters. The highest BCUT2D eigenvalue weighted by Gasteiger charge is 2.27. The lowest BCUT2D eigenvalue weighted by Crippen LogP contribution is -2.46. The molecule has 3 heteroatoms. The van der Waals surface area contributed by atoms with Crippen LogP contribution in [0.25, 0.3) is 0 Å². The van der Waals surface area contributed by atoms with Gasteiger partial charge in [-0.15, -0.1) is 0 Å². The quantitative estimate of drug-likeness (QED) is 0.890. The zero-order valence-corrected chi connectivity index (χ0v) is 13.7. The van der Waals surface area contributed by atoms with E-state index in [-0.39, 0.29) is 17.4 Å². The van der Waals surface area contributed by atoms with Crippen LogP contribution in [0.15, 0.2) is 24.3 Å². The maximum atomic E-state index is 12.5. The summed E-state index contributed by atoms with van der Waals surface area (Å²) in [4.78, 5) is 12.5. The van der Waals surface area contributed by atoms with Gasteiger partial charge in [-0.1, -0.05) is 52.3 Å². The van der Waals surface area contributed by atoms with Gasteiger partial charge in [0.2, 0.25) is 5.91 Å². The fourth-order valence-electron chi connectivity index (χ4n) is 3.03. The standard InChI is InChI=1S/C18H28N2O/c1-5-13-10-11-19-16(12-13)17(21)20-15-9-7-6-8-14(15)18(2,3)4/h6-9,13,16,19H,5,10-12H2,1-4H3,(H,20,21). The number of hydrogen-bond donors (Lipinski definition) is 2. The van der Waals surface area contributed by atoms with E-state index >= 15 is 0 Å². The van der Waals surface area contributed by atoms with Gasteiger partial charge in [-0.2, -0.15) is 0 Å². The number of para-hydroxylation sites is 1. The molecule has 0 aromatic heterocycles. The summed E-state index contributed by atoms with van der Waals surface area (Å²) in [5.41, 5.74) is 2.15. The van der Waals surface area contributed by atoms with Crippen LogP contribution in [0.1, 0.15) is 52.5 Å². The molecule has 21 heavy (non-hydrogen) atoms. The summed E-state index contributed by atoms with van der Waals surface area (Å²) in [6.07, 6.45) is 3.28. The minimum Gasteiger partial charge on any atom is -0.324 e. The van der Waals surface area contributed by atoms with E-state index in [0.29, 0.717) is 5.92 Å². The maximum absolute atomic E-state index is 12.5. The van der Waals surface area contributed by atoms with E-state index in [0.717, 1.165) is 25.1 Å². The van der Waals surface area contributed by atoms with Gasteiger partial charge in [0.05, 0.1) is 6.04 Å². The fourth-order valence-corrected chi connectivity index (χ4v) is 3.03. The fraction of sp³-hybridized carbons (Fsp3) is 0.611. The zero-order chi connectivity index (χ0) is 15.5. The highest BCUT2D eigenvalue weighted by Crippen LogP contribution is 2.29. The lowest BCUT2D eigenvalue weighted by atomic mass is 9.85. The molecule has 1 aliphatic heterocycles. The van der Waals surface area contributed by atoms with Crippen LogP contribution in [0, 0.1) is 5.92 Å². The number of rotatable bonds is 3. The molecule has 2 unspecified atom stereocenters. The highest BCUT2D eigenvalue weighted by molar-refractivity contribution is 5.95. The number of benzene rings is 1. The first-order valence-corrected chi connectivity index (χ1v) is 8.05. The Morgan fingerprint density at radius 1 is 1.33 bits per heavy atom. The first-order chi connectivity index (χ1) is 9.91. The van der Waals surface area contributed by atoms with Crippen LogP contribution in [-0.4, -0.2) is 18.5 Å².